The van der Waals surface area contributed by atoms with Crippen molar-refractivity contribution < 1.29 is 19.0 Å². The van der Waals surface area contributed by atoms with E-state index in [2.05, 4.69) is 4.74 Å². The van der Waals surface area contributed by atoms with Gasteiger partial charge in [-0.2, -0.15) is 4.39 Å². The molecule has 1 aliphatic carbocycles. The van der Waals surface area contributed by atoms with Gasteiger partial charge in [-0.25, -0.2) is 4.79 Å². The van der Waals surface area contributed by atoms with E-state index < -0.39 is 12.0 Å². The van der Waals surface area contributed by atoms with Gasteiger partial charge in [-0.1, -0.05) is 0 Å². The summed E-state index contributed by atoms with van der Waals surface area (Å²) in [5.74, 6) is -1.83. The molecule has 0 unspecified atom stereocenters. The Balaban J connectivity index is 2.29. The fourth-order valence-electron chi connectivity index (χ4n) is 0.357. The second-order valence-corrected chi connectivity index (χ2v) is 1.75. The summed E-state index contributed by atoms with van der Waals surface area (Å²) < 4.78 is 15.9. The SMILES string of the molecule is O=C(O)OC1(F)CC1. The molecule has 1 N–H and O–H groups in total. The highest BCUT2D eigenvalue weighted by Gasteiger charge is 2.47. The quantitative estimate of drug-likeness (QED) is 0.528. The molecule has 0 saturated heterocycles. The van der Waals surface area contributed by atoms with E-state index in [1.165, 1.54) is 0 Å². The van der Waals surface area contributed by atoms with Crippen LogP contribution in [-0.4, -0.2) is 17.1 Å². The van der Waals surface area contributed by atoms with Crippen LogP contribution in [0.25, 0.3) is 0 Å². The van der Waals surface area contributed by atoms with Crippen LogP contribution in [0.15, 0.2) is 0 Å². The van der Waals surface area contributed by atoms with Crippen molar-refractivity contribution >= 4 is 6.16 Å². The monoisotopic (exact) mass is 120 g/mol. The maximum Gasteiger partial charge on any atom is 0.508 e. The summed E-state index contributed by atoms with van der Waals surface area (Å²) in [6.07, 6.45) is -1.12. The molecule has 0 atom stereocenters. The zero-order chi connectivity index (χ0) is 6.20. The Hall–Kier alpha value is -0.800. The maximum absolute atomic E-state index is 12.1. The number of hydrogen-bond donors (Lipinski definition) is 1. The van der Waals surface area contributed by atoms with E-state index in [9.17, 15) is 9.18 Å². The van der Waals surface area contributed by atoms with Crippen molar-refractivity contribution in [3.63, 3.8) is 0 Å². The van der Waals surface area contributed by atoms with Gasteiger partial charge in [-0.15, -0.1) is 0 Å². The molecule has 0 aliphatic heterocycles. The van der Waals surface area contributed by atoms with Gasteiger partial charge in [0.05, 0.1) is 0 Å². The van der Waals surface area contributed by atoms with Crippen LogP contribution in [0.5, 0.6) is 0 Å². The van der Waals surface area contributed by atoms with Crippen molar-refractivity contribution in [2.45, 2.75) is 18.7 Å². The van der Waals surface area contributed by atoms with Crippen molar-refractivity contribution in [1.82, 2.24) is 0 Å². The number of carbonyl (C=O) groups is 1. The third-order valence-electron chi connectivity index (χ3n) is 0.913. The molecule has 3 nitrogen and oxygen atoms in total. The average molecular weight is 120 g/mol. The molecule has 0 heterocycles. The minimum Gasteiger partial charge on any atom is -0.450 e. The van der Waals surface area contributed by atoms with E-state index in [0.717, 1.165) is 0 Å². The van der Waals surface area contributed by atoms with E-state index >= 15 is 0 Å². The van der Waals surface area contributed by atoms with E-state index in [-0.39, 0.29) is 12.8 Å². The molecule has 1 aliphatic rings. The molecule has 0 aromatic heterocycles. The fraction of sp³-hybridized carbons (Fsp3) is 0.750. The van der Waals surface area contributed by atoms with Crippen molar-refractivity contribution in [2.24, 2.45) is 0 Å². The Kier molecular flexibility index (Phi) is 0.892. The van der Waals surface area contributed by atoms with Crippen molar-refractivity contribution in [2.75, 3.05) is 0 Å². The number of alkyl halides is 1. The molecule has 1 rings (SSSR count). The van der Waals surface area contributed by atoms with Gasteiger partial charge in [0.2, 0.25) is 0 Å². The van der Waals surface area contributed by atoms with Crippen LogP contribution in [0.1, 0.15) is 12.8 Å². The van der Waals surface area contributed by atoms with E-state index in [4.69, 9.17) is 5.11 Å². The second kappa shape index (κ2) is 1.34. The van der Waals surface area contributed by atoms with Gasteiger partial charge >= 0.3 is 6.16 Å². The van der Waals surface area contributed by atoms with Crippen LogP contribution in [0.4, 0.5) is 9.18 Å². The number of rotatable bonds is 1. The Morgan fingerprint density at radius 3 is 2.38 bits per heavy atom. The topological polar surface area (TPSA) is 46.5 Å². The lowest BCUT2D eigenvalue weighted by atomic mass is 10.8. The van der Waals surface area contributed by atoms with Gasteiger partial charge in [0.15, 0.2) is 0 Å². The summed E-state index contributed by atoms with van der Waals surface area (Å²) in [4.78, 5) is 9.59. The third kappa shape index (κ3) is 1.08. The first-order valence-corrected chi connectivity index (χ1v) is 2.23. The van der Waals surface area contributed by atoms with Crippen LogP contribution in [0.3, 0.4) is 0 Å². The first-order chi connectivity index (χ1) is 3.62. The fourth-order valence-corrected chi connectivity index (χ4v) is 0.357. The highest BCUT2D eigenvalue weighted by molar-refractivity contribution is 5.57. The molecular formula is C4H5FO3. The lowest BCUT2D eigenvalue weighted by Crippen LogP contribution is -2.11. The molecule has 1 saturated carbocycles. The molecule has 0 radical (unpaired) electrons. The smallest absolute Gasteiger partial charge is 0.450 e. The van der Waals surface area contributed by atoms with Crippen molar-refractivity contribution in [1.29, 1.82) is 0 Å². The molecule has 0 aromatic rings. The third-order valence-corrected chi connectivity index (χ3v) is 0.913. The highest BCUT2D eigenvalue weighted by atomic mass is 19.2. The summed E-state index contributed by atoms with van der Waals surface area (Å²) in [6, 6.07) is 0. The molecular weight excluding hydrogens is 115 g/mol. The van der Waals surface area contributed by atoms with Crippen LogP contribution >= 0.6 is 0 Å². The molecule has 1 fully saturated rings. The van der Waals surface area contributed by atoms with Crippen LogP contribution < -0.4 is 0 Å². The Morgan fingerprint density at radius 2 is 2.25 bits per heavy atom. The standard InChI is InChI=1S/C4H5FO3/c5-4(1-2-4)8-3(6)7/h1-2H2,(H,6,7). The first kappa shape index (κ1) is 5.34. The van der Waals surface area contributed by atoms with Crippen molar-refractivity contribution in [3.8, 4) is 0 Å². The normalized spacial score (nSPS) is 22.1. The lowest BCUT2D eigenvalue weighted by Gasteiger charge is -2.00. The van der Waals surface area contributed by atoms with Crippen LogP contribution in [0.2, 0.25) is 0 Å². The summed E-state index contributed by atoms with van der Waals surface area (Å²) in [7, 11) is 0. The van der Waals surface area contributed by atoms with E-state index in [0.29, 0.717) is 0 Å². The van der Waals surface area contributed by atoms with Gasteiger partial charge in [0.1, 0.15) is 0 Å². The summed E-state index contributed by atoms with van der Waals surface area (Å²) in [6.45, 7) is 0. The number of ether oxygens (including phenoxy) is 1. The molecule has 0 bridgehead atoms. The molecule has 46 valence electrons. The van der Waals surface area contributed by atoms with Crippen LogP contribution in [0, 0.1) is 0 Å². The zero-order valence-corrected chi connectivity index (χ0v) is 4.06. The number of carboxylic acid groups (broad SMARTS) is 1. The Morgan fingerprint density at radius 1 is 1.75 bits per heavy atom. The molecule has 0 aromatic carbocycles. The molecule has 4 heteroatoms. The Labute approximate surface area is 45.1 Å². The minimum atomic E-state index is -1.83. The summed E-state index contributed by atoms with van der Waals surface area (Å²) in [5, 5.41) is 7.83. The summed E-state index contributed by atoms with van der Waals surface area (Å²) >= 11 is 0. The zero-order valence-electron chi connectivity index (χ0n) is 4.06. The highest BCUT2D eigenvalue weighted by Crippen LogP contribution is 2.40. The largest absolute Gasteiger partial charge is 0.508 e. The minimum absolute atomic E-state index is 0.208. The van der Waals surface area contributed by atoms with E-state index in [1.54, 1.807) is 0 Å². The number of hydrogen-bond acceptors (Lipinski definition) is 2. The average Bonchev–Trinajstić information content (AvgIpc) is 2.17. The molecule has 8 heavy (non-hydrogen) atoms. The number of halogens is 1. The van der Waals surface area contributed by atoms with Gasteiger partial charge < -0.3 is 9.84 Å². The molecule has 0 spiro atoms. The van der Waals surface area contributed by atoms with Gasteiger partial charge in [0.25, 0.3) is 5.85 Å². The van der Waals surface area contributed by atoms with Crippen molar-refractivity contribution in [3.05, 3.63) is 0 Å². The van der Waals surface area contributed by atoms with Gasteiger partial charge in [0, 0.05) is 12.8 Å². The van der Waals surface area contributed by atoms with Gasteiger partial charge in [-0.05, 0) is 0 Å². The predicted molar refractivity (Wildman–Crippen MR) is 22.2 cm³/mol. The van der Waals surface area contributed by atoms with Gasteiger partial charge in [-0.3, -0.25) is 0 Å². The first-order valence-electron chi connectivity index (χ1n) is 2.23. The predicted octanol–water partition coefficient (Wildman–Crippen LogP) is 1.14. The molecule has 0 amide bonds. The Bertz CT molecular complexity index is 118. The second-order valence-electron chi connectivity index (χ2n) is 1.75. The maximum atomic E-state index is 12.1. The lowest BCUT2D eigenvalue weighted by molar-refractivity contribution is -0.0347. The summed E-state index contributed by atoms with van der Waals surface area (Å²) in [5.41, 5.74) is 0. The van der Waals surface area contributed by atoms with Crippen LogP contribution in [-0.2, 0) is 4.74 Å². The van der Waals surface area contributed by atoms with E-state index in [1.807, 2.05) is 0 Å².